The summed E-state index contributed by atoms with van der Waals surface area (Å²) >= 11 is 0. The number of aliphatic hydroxyl groups is 4. The minimum atomic E-state index is -1.46. The Morgan fingerprint density at radius 1 is 1.04 bits per heavy atom. The zero-order valence-electron chi connectivity index (χ0n) is 29.3. The van der Waals surface area contributed by atoms with Crippen molar-refractivity contribution in [1.82, 2.24) is 5.32 Å². The second-order valence-corrected chi connectivity index (χ2v) is 13.5. The van der Waals surface area contributed by atoms with Crippen LogP contribution in [0.25, 0.3) is 0 Å². The van der Waals surface area contributed by atoms with Gasteiger partial charge in [-0.25, -0.2) is 0 Å². The van der Waals surface area contributed by atoms with E-state index in [4.69, 9.17) is 5.11 Å². The Hall–Kier alpha value is -3.45. The Morgan fingerprint density at radius 3 is 2.55 bits per heavy atom. The number of fused-ring (bicyclic) bond motifs is 1. The quantitative estimate of drug-likeness (QED) is 0.0721. The molecule has 1 heterocycles. The van der Waals surface area contributed by atoms with E-state index in [1.165, 1.54) is 0 Å². The molecule has 2 aromatic rings. The fraction of sp³-hybridized carbons (Fsp3) is 0.537. The third-order valence-corrected chi connectivity index (χ3v) is 9.48. The number of aromatic hydroxyl groups is 1. The van der Waals surface area contributed by atoms with Gasteiger partial charge in [0.15, 0.2) is 0 Å². The standard InChI is InChI=1S/C41H57NO7/c1-3-4-7-18-34(44)26-25-32-24-23-31-15-11-10-14-30(31)16-12-21-39(41(2,49)33-17-13-19-35(45)27-33)42-38(37(32)28-36(46)29-43)20-8-5-6-9-22-40(47)48/h10-11,13-15,17,19,25-27,34,36,38-39,42-46,49H,3-9,18,20-24,28-29H2,1-2H3,(H,47,48)/t34-,36-,38-,39+,41+/m0/s1. The fourth-order valence-corrected chi connectivity index (χ4v) is 6.49. The molecule has 1 aliphatic rings. The zero-order chi connectivity index (χ0) is 35.6. The number of hydrogen-bond donors (Lipinski definition) is 7. The first-order chi connectivity index (χ1) is 23.5. The molecule has 5 atom stereocenters. The van der Waals surface area contributed by atoms with Gasteiger partial charge in [0.2, 0.25) is 0 Å². The van der Waals surface area contributed by atoms with Crippen LogP contribution in [-0.2, 0) is 16.8 Å². The molecule has 0 fully saturated rings. The van der Waals surface area contributed by atoms with E-state index in [1.807, 2.05) is 30.4 Å². The van der Waals surface area contributed by atoms with Crippen LogP contribution in [0.1, 0.15) is 114 Å². The average molecular weight is 676 g/mol. The number of carboxylic acid groups (broad SMARTS) is 1. The smallest absolute Gasteiger partial charge is 0.303 e. The fourth-order valence-electron chi connectivity index (χ4n) is 6.49. The van der Waals surface area contributed by atoms with Crippen molar-refractivity contribution in [3.8, 4) is 17.6 Å². The van der Waals surface area contributed by atoms with Crippen LogP contribution in [0.5, 0.6) is 5.75 Å². The maximum absolute atomic E-state index is 12.2. The predicted molar refractivity (Wildman–Crippen MR) is 194 cm³/mol. The van der Waals surface area contributed by atoms with Crippen molar-refractivity contribution in [2.75, 3.05) is 6.61 Å². The van der Waals surface area contributed by atoms with Crippen molar-refractivity contribution < 1.29 is 35.4 Å². The average Bonchev–Trinajstić information content (AvgIpc) is 3.07. The van der Waals surface area contributed by atoms with Crippen molar-refractivity contribution in [3.05, 3.63) is 88.5 Å². The number of benzene rings is 2. The zero-order valence-corrected chi connectivity index (χ0v) is 29.3. The lowest BCUT2D eigenvalue weighted by Crippen LogP contribution is -2.51. The third-order valence-electron chi connectivity index (χ3n) is 9.48. The summed E-state index contributed by atoms with van der Waals surface area (Å²) in [6.45, 7) is 3.42. The van der Waals surface area contributed by atoms with Crippen LogP contribution in [0, 0.1) is 11.8 Å². The van der Waals surface area contributed by atoms with Crippen LogP contribution >= 0.6 is 0 Å². The number of phenols is 1. The molecule has 0 aromatic heterocycles. The summed E-state index contributed by atoms with van der Waals surface area (Å²) in [7, 11) is 0. The molecule has 0 amide bonds. The summed E-state index contributed by atoms with van der Waals surface area (Å²) < 4.78 is 0. The molecule has 0 saturated heterocycles. The number of aryl methyl sites for hydroxylation is 1. The molecule has 49 heavy (non-hydrogen) atoms. The van der Waals surface area contributed by atoms with E-state index in [-0.39, 0.29) is 31.1 Å². The van der Waals surface area contributed by atoms with Crippen molar-refractivity contribution in [2.24, 2.45) is 0 Å². The maximum Gasteiger partial charge on any atom is 0.303 e. The number of aliphatic hydroxyl groups excluding tert-OH is 3. The van der Waals surface area contributed by atoms with Gasteiger partial charge in [0.1, 0.15) is 11.4 Å². The normalized spacial score (nSPS) is 19.6. The molecule has 268 valence electrons. The number of phenolic OH excluding ortho intramolecular Hbond substituents is 1. The number of carbonyl (C=O) groups is 1. The summed E-state index contributed by atoms with van der Waals surface area (Å²) in [4.78, 5) is 11.1. The summed E-state index contributed by atoms with van der Waals surface area (Å²) in [6.07, 6.45) is 11.3. The molecule has 0 aliphatic carbocycles. The summed E-state index contributed by atoms with van der Waals surface area (Å²) in [5.74, 6) is 5.89. The van der Waals surface area contributed by atoms with Crippen LogP contribution in [0.2, 0.25) is 0 Å². The Morgan fingerprint density at radius 2 is 1.82 bits per heavy atom. The minimum Gasteiger partial charge on any atom is -0.508 e. The van der Waals surface area contributed by atoms with Crippen molar-refractivity contribution in [3.63, 3.8) is 0 Å². The number of unbranched alkanes of at least 4 members (excludes halogenated alkanes) is 5. The largest absolute Gasteiger partial charge is 0.508 e. The maximum atomic E-state index is 12.2. The summed E-state index contributed by atoms with van der Waals surface area (Å²) in [6, 6.07) is 13.6. The molecule has 8 nitrogen and oxygen atoms in total. The van der Waals surface area contributed by atoms with Gasteiger partial charge in [-0.3, -0.25) is 4.79 Å². The molecular weight excluding hydrogens is 618 g/mol. The third kappa shape index (κ3) is 13.4. The van der Waals surface area contributed by atoms with Crippen molar-refractivity contribution in [1.29, 1.82) is 0 Å². The molecule has 7 N–H and O–H groups in total. The highest BCUT2D eigenvalue weighted by molar-refractivity contribution is 5.66. The molecular formula is C41H57NO7. The lowest BCUT2D eigenvalue weighted by Gasteiger charge is -2.38. The predicted octanol–water partition coefficient (Wildman–Crippen LogP) is 6.28. The number of nitrogens with one attached hydrogen (secondary N) is 1. The lowest BCUT2D eigenvalue weighted by atomic mass is 9.82. The SMILES string of the molecule is CCCCC[C@H](O)C=CC1=C(C[C@H](O)CO)[C@H](CCCCCCC(=O)O)N[C@@H]([C@](C)(O)c2cccc(O)c2)CC#Cc2ccccc2CC1. The van der Waals surface area contributed by atoms with E-state index in [9.17, 15) is 30.3 Å². The van der Waals surface area contributed by atoms with E-state index >= 15 is 0 Å². The van der Waals surface area contributed by atoms with Crippen LogP contribution in [0.15, 0.2) is 71.8 Å². The summed E-state index contributed by atoms with van der Waals surface area (Å²) in [5, 5.41) is 67.1. The van der Waals surface area contributed by atoms with E-state index in [0.717, 1.165) is 60.8 Å². The Bertz CT molecular complexity index is 1440. The van der Waals surface area contributed by atoms with Gasteiger partial charge in [0, 0.05) is 24.4 Å². The molecule has 8 heteroatoms. The number of rotatable bonds is 18. The number of allylic oxidation sites excluding steroid dienone is 2. The van der Waals surface area contributed by atoms with Gasteiger partial charge in [-0.1, -0.05) is 99.8 Å². The number of aliphatic carboxylic acids is 1. The van der Waals surface area contributed by atoms with E-state index < -0.39 is 36.4 Å². The highest BCUT2D eigenvalue weighted by Gasteiger charge is 2.36. The second-order valence-electron chi connectivity index (χ2n) is 13.5. The highest BCUT2D eigenvalue weighted by atomic mass is 16.4. The molecule has 1 aliphatic heterocycles. The first-order valence-corrected chi connectivity index (χ1v) is 18.0. The number of carboxylic acids is 1. The van der Waals surface area contributed by atoms with Gasteiger partial charge in [-0.15, -0.1) is 0 Å². The first kappa shape index (κ1) is 40.0. The van der Waals surface area contributed by atoms with Crippen LogP contribution in [0.4, 0.5) is 0 Å². The molecule has 3 rings (SSSR count). The van der Waals surface area contributed by atoms with E-state index in [0.29, 0.717) is 37.7 Å². The Labute approximate surface area is 292 Å². The number of hydrogen-bond acceptors (Lipinski definition) is 7. The van der Waals surface area contributed by atoms with Gasteiger partial charge >= 0.3 is 5.97 Å². The van der Waals surface area contributed by atoms with Gasteiger partial charge in [0.25, 0.3) is 0 Å². The van der Waals surface area contributed by atoms with E-state index in [1.54, 1.807) is 31.2 Å². The summed E-state index contributed by atoms with van der Waals surface area (Å²) in [5.41, 5.74) is 2.89. The van der Waals surface area contributed by atoms with Gasteiger partial charge in [-0.2, -0.15) is 0 Å². The second kappa shape index (κ2) is 20.9. The molecule has 0 radical (unpaired) electrons. The highest BCUT2D eigenvalue weighted by Crippen LogP contribution is 2.33. The van der Waals surface area contributed by atoms with Crippen LogP contribution < -0.4 is 5.32 Å². The van der Waals surface area contributed by atoms with Crippen LogP contribution in [-0.4, -0.2) is 67.5 Å². The Balaban J connectivity index is 2.16. The molecule has 2 aromatic carbocycles. The van der Waals surface area contributed by atoms with Gasteiger partial charge in [0.05, 0.1) is 24.9 Å². The molecule has 0 bridgehead atoms. The van der Waals surface area contributed by atoms with Crippen molar-refractivity contribution >= 4 is 5.97 Å². The topological polar surface area (TPSA) is 150 Å². The van der Waals surface area contributed by atoms with Gasteiger partial charge < -0.3 is 36.0 Å². The van der Waals surface area contributed by atoms with Gasteiger partial charge in [-0.05, 0) is 85.9 Å². The van der Waals surface area contributed by atoms with Crippen molar-refractivity contribution in [2.45, 2.75) is 134 Å². The minimum absolute atomic E-state index is 0.0421. The van der Waals surface area contributed by atoms with Crippen LogP contribution in [0.3, 0.4) is 0 Å². The monoisotopic (exact) mass is 675 g/mol. The molecule has 0 spiro atoms. The lowest BCUT2D eigenvalue weighted by molar-refractivity contribution is -0.137. The first-order valence-electron chi connectivity index (χ1n) is 18.0. The molecule has 0 saturated carbocycles. The van der Waals surface area contributed by atoms with E-state index in [2.05, 4.69) is 30.1 Å². The molecule has 0 unspecified atom stereocenters. The Kier molecular flexibility index (Phi) is 17.1.